The van der Waals surface area contributed by atoms with E-state index in [4.69, 9.17) is 4.74 Å². The highest BCUT2D eigenvalue weighted by Gasteiger charge is 2.19. The van der Waals surface area contributed by atoms with Gasteiger partial charge in [0.2, 0.25) is 0 Å². The van der Waals surface area contributed by atoms with Crippen LogP contribution in [0, 0.1) is 5.82 Å². The Morgan fingerprint density at radius 3 is 2.30 bits per heavy atom. The van der Waals surface area contributed by atoms with E-state index < -0.39 is 0 Å². The van der Waals surface area contributed by atoms with Crippen LogP contribution >= 0.6 is 15.9 Å². The standard InChI is InChI=1S/C16H16BrFO2/c1-9(2)12-8-13(20-3)16(19)14(15(12)17)10-4-6-11(18)7-5-10/h4-9,19H,1-3H3. The molecule has 0 saturated heterocycles. The molecule has 0 spiro atoms. The van der Waals surface area contributed by atoms with Crippen LogP contribution in [0.3, 0.4) is 0 Å². The minimum absolute atomic E-state index is 0.0513. The minimum atomic E-state index is -0.309. The van der Waals surface area contributed by atoms with E-state index in [2.05, 4.69) is 29.8 Å². The SMILES string of the molecule is COc1cc(C(C)C)c(Br)c(-c2ccc(F)cc2)c1O. The fourth-order valence-electron chi connectivity index (χ4n) is 2.10. The van der Waals surface area contributed by atoms with Gasteiger partial charge in [0, 0.05) is 10.0 Å². The third-order valence-corrected chi connectivity index (χ3v) is 4.06. The summed E-state index contributed by atoms with van der Waals surface area (Å²) >= 11 is 3.54. The number of aromatic hydroxyl groups is 1. The molecule has 0 heterocycles. The van der Waals surface area contributed by atoms with Gasteiger partial charge in [0.25, 0.3) is 0 Å². The van der Waals surface area contributed by atoms with Crippen LogP contribution in [0.5, 0.6) is 11.5 Å². The number of halogens is 2. The predicted molar refractivity (Wildman–Crippen MR) is 81.8 cm³/mol. The first-order valence-corrected chi connectivity index (χ1v) is 7.10. The highest BCUT2D eigenvalue weighted by molar-refractivity contribution is 9.10. The van der Waals surface area contributed by atoms with Crippen molar-refractivity contribution >= 4 is 15.9 Å². The first kappa shape index (κ1) is 14.9. The normalized spacial score (nSPS) is 10.9. The molecule has 0 aliphatic carbocycles. The summed E-state index contributed by atoms with van der Waals surface area (Å²) in [6, 6.07) is 7.83. The molecule has 4 heteroatoms. The molecule has 0 aliphatic rings. The molecule has 0 fully saturated rings. The van der Waals surface area contributed by atoms with Crippen molar-refractivity contribution in [3.05, 3.63) is 46.2 Å². The minimum Gasteiger partial charge on any atom is -0.504 e. The monoisotopic (exact) mass is 338 g/mol. The van der Waals surface area contributed by atoms with Gasteiger partial charge in [-0.3, -0.25) is 0 Å². The molecule has 0 saturated carbocycles. The fourth-order valence-corrected chi connectivity index (χ4v) is 3.09. The number of phenols is 1. The number of hydrogen-bond donors (Lipinski definition) is 1. The summed E-state index contributed by atoms with van der Waals surface area (Å²) in [5, 5.41) is 10.3. The van der Waals surface area contributed by atoms with Gasteiger partial charge in [-0.15, -0.1) is 0 Å². The zero-order valence-electron chi connectivity index (χ0n) is 11.6. The van der Waals surface area contributed by atoms with Crippen LogP contribution < -0.4 is 4.74 Å². The van der Waals surface area contributed by atoms with Gasteiger partial charge in [-0.2, -0.15) is 0 Å². The maximum absolute atomic E-state index is 13.1. The summed E-state index contributed by atoms with van der Waals surface area (Å²) in [4.78, 5) is 0. The third-order valence-electron chi connectivity index (χ3n) is 3.20. The Hall–Kier alpha value is -1.55. The second-order valence-electron chi connectivity index (χ2n) is 4.87. The van der Waals surface area contributed by atoms with E-state index >= 15 is 0 Å². The van der Waals surface area contributed by atoms with Gasteiger partial charge < -0.3 is 9.84 Å². The van der Waals surface area contributed by atoms with Crippen LogP contribution in [0.25, 0.3) is 11.1 Å². The van der Waals surface area contributed by atoms with Gasteiger partial charge in [-0.05, 0) is 51.2 Å². The molecule has 0 bridgehead atoms. The van der Waals surface area contributed by atoms with E-state index in [0.717, 1.165) is 15.6 Å². The van der Waals surface area contributed by atoms with E-state index in [1.807, 2.05) is 6.07 Å². The summed E-state index contributed by atoms with van der Waals surface area (Å²) in [5.74, 6) is 0.418. The molecular formula is C16H16BrFO2. The Kier molecular flexibility index (Phi) is 4.33. The zero-order chi connectivity index (χ0) is 14.9. The first-order valence-electron chi connectivity index (χ1n) is 6.31. The predicted octanol–water partition coefficient (Wildman–Crippen LogP) is 5.09. The Morgan fingerprint density at radius 1 is 1.20 bits per heavy atom. The van der Waals surface area contributed by atoms with Crippen LogP contribution in [-0.2, 0) is 0 Å². The summed E-state index contributed by atoms with van der Waals surface area (Å²) in [6.45, 7) is 4.12. The van der Waals surface area contributed by atoms with Crippen LogP contribution in [-0.4, -0.2) is 12.2 Å². The summed E-state index contributed by atoms with van der Waals surface area (Å²) in [5.41, 5.74) is 2.38. The van der Waals surface area contributed by atoms with Crippen molar-refractivity contribution in [3.8, 4) is 22.6 Å². The second-order valence-corrected chi connectivity index (χ2v) is 5.66. The summed E-state index contributed by atoms with van der Waals surface area (Å²) < 4.78 is 19.1. The van der Waals surface area contributed by atoms with E-state index in [-0.39, 0.29) is 17.5 Å². The van der Waals surface area contributed by atoms with Crippen LogP contribution in [0.15, 0.2) is 34.8 Å². The fraction of sp³-hybridized carbons (Fsp3) is 0.250. The molecule has 20 heavy (non-hydrogen) atoms. The zero-order valence-corrected chi connectivity index (χ0v) is 13.2. The van der Waals surface area contributed by atoms with Gasteiger partial charge >= 0.3 is 0 Å². The topological polar surface area (TPSA) is 29.5 Å². The first-order chi connectivity index (χ1) is 9.45. The van der Waals surface area contributed by atoms with E-state index in [0.29, 0.717) is 11.3 Å². The van der Waals surface area contributed by atoms with Crippen molar-refractivity contribution in [2.75, 3.05) is 7.11 Å². The molecule has 0 aromatic heterocycles. The average molecular weight is 339 g/mol. The van der Waals surface area contributed by atoms with Crippen LogP contribution in [0.2, 0.25) is 0 Å². The maximum atomic E-state index is 13.1. The quantitative estimate of drug-likeness (QED) is 0.844. The van der Waals surface area contributed by atoms with Crippen molar-refractivity contribution < 1.29 is 14.2 Å². The molecule has 0 amide bonds. The number of phenolic OH excluding ortho intramolecular Hbond substituents is 1. The van der Waals surface area contributed by atoms with Gasteiger partial charge in [0.1, 0.15) is 5.82 Å². The Balaban J connectivity index is 2.73. The molecular weight excluding hydrogens is 323 g/mol. The summed E-state index contributed by atoms with van der Waals surface area (Å²) in [6.07, 6.45) is 0. The van der Waals surface area contributed by atoms with E-state index in [1.54, 1.807) is 12.1 Å². The Bertz CT molecular complexity index is 621. The van der Waals surface area contributed by atoms with Gasteiger partial charge in [-0.25, -0.2) is 4.39 Å². The number of hydrogen-bond acceptors (Lipinski definition) is 2. The number of ether oxygens (including phenoxy) is 1. The lowest BCUT2D eigenvalue weighted by atomic mass is 9.96. The van der Waals surface area contributed by atoms with Crippen LogP contribution in [0.4, 0.5) is 4.39 Å². The van der Waals surface area contributed by atoms with E-state index in [9.17, 15) is 9.50 Å². The average Bonchev–Trinajstić information content (AvgIpc) is 2.41. The van der Waals surface area contributed by atoms with Crippen molar-refractivity contribution in [1.82, 2.24) is 0 Å². The van der Waals surface area contributed by atoms with Gasteiger partial charge in [0.05, 0.1) is 7.11 Å². The van der Waals surface area contributed by atoms with Crippen molar-refractivity contribution in [2.24, 2.45) is 0 Å². The molecule has 1 N–H and O–H groups in total. The lowest BCUT2D eigenvalue weighted by Gasteiger charge is -2.17. The molecule has 2 aromatic rings. The molecule has 2 nitrogen and oxygen atoms in total. The highest BCUT2D eigenvalue weighted by atomic mass is 79.9. The lowest BCUT2D eigenvalue weighted by molar-refractivity contribution is 0.373. The molecule has 106 valence electrons. The van der Waals surface area contributed by atoms with Crippen molar-refractivity contribution in [3.63, 3.8) is 0 Å². The van der Waals surface area contributed by atoms with Crippen LogP contribution in [0.1, 0.15) is 25.3 Å². The number of benzene rings is 2. The van der Waals surface area contributed by atoms with Crippen molar-refractivity contribution in [1.29, 1.82) is 0 Å². The van der Waals surface area contributed by atoms with Gasteiger partial charge in [-0.1, -0.05) is 26.0 Å². The Morgan fingerprint density at radius 2 is 1.80 bits per heavy atom. The summed E-state index contributed by atoms with van der Waals surface area (Å²) in [7, 11) is 1.52. The molecule has 0 aliphatic heterocycles. The molecule has 0 atom stereocenters. The highest BCUT2D eigenvalue weighted by Crippen LogP contribution is 2.46. The molecule has 0 unspecified atom stereocenters. The smallest absolute Gasteiger partial charge is 0.166 e. The number of rotatable bonds is 3. The Labute approximate surface area is 126 Å². The maximum Gasteiger partial charge on any atom is 0.166 e. The van der Waals surface area contributed by atoms with E-state index in [1.165, 1.54) is 19.2 Å². The van der Waals surface area contributed by atoms with Gasteiger partial charge in [0.15, 0.2) is 11.5 Å². The third kappa shape index (κ3) is 2.66. The molecule has 0 radical (unpaired) electrons. The van der Waals surface area contributed by atoms with Crippen molar-refractivity contribution in [2.45, 2.75) is 19.8 Å². The lowest BCUT2D eigenvalue weighted by Crippen LogP contribution is -1.96. The largest absolute Gasteiger partial charge is 0.504 e. The molecule has 2 aromatic carbocycles. The second kappa shape index (κ2) is 5.83. The number of methoxy groups -OCH3 is 1. The molecule has 2 rings (SSSR count).